The van der Waals surface area contributed by atoms with Gasteiger partial charge in [-0.05, 0) is 17.5 Å². The molecule has 1 aromatic rings. The number of carbonyl (C=O) groups excluding carboxylic acids is 1. The minimum Gasteiger partial charge on any atom is -0.496 e. The third-order valence-electron chi connectivity index (χ3n) is 2.14. The molecule has 0 aliphatic carbocycles. The van der Waals surface area contributed by atoms with E-state index in [0.717, 1.165) is 5.56 Å². The molecule has 0 saturated heterocycles. The Bertz CT molecular complexity index is 345. The van der Waals surface area contributed by atoms with Crippen molar-refractivity contribution in [2.45, 2.75) is 19.8 Å². The standard InChI is InChI=1S/C11H15NO2/c1-7(2)8-5-4-6-9(11(12)13)10(8)14-3/h4-7H,1-3H3,(H2,12,13). The van der Waals surface area contributed by atoms with E-state index in [-0.39, 0.29) is 0 Å². The number of nitrogens with two attached hydrogens (primary N) is 1. The quantitative estimate of drug-likeness (QED) is 0.797. The number of primary amides is 1. The normalized spacial score (nSPS) is 10.3. The van der Waals surface area contributed by atoms with Crippen LogP contribution < -0.4 is 10.5 Å². The van der Waals surface area contributed by atoms with E-state index in [1.54, 1.807) is 13.2 Å². The molecular formula is C11H15NO2. The third kappa shape index (κ3) is 1.87. The van der Waals surface area contributed by atoms with Gasteiger partial charge in [-0.2, -0.15) is 0 Å². The van der Waals surface area contributed by atoms with Crippen LogP contribution >= 0.6 is 0 Å². The number of para-hydroxylation sites is 1. The number of benzene rings is 1. The van der Waals surface area contributed by atoms with Crippen molar-refractivity contribution in [3.63, 3.8) is 0 Å². The summed E-state index contributed by atoms with van der Waals surface area (Å²) in [6.07, 6.45) is 0. The Kier molecular flexibility index (Phi) is 3.12. The number of rotatable bonds is 3. The molecule has 0 aliphatic heterocycles. The summed E-state index contributed by atoms with van der Waals surface area (Å²) in [7, 11) is 1.55. The highest BCUT2D eigenvalue weighted by atomic mass is 16.5. The highest BCUT2D eigenvalue weighted by Crippen LogP contribution is 2.29. The van der Waals surface area contributed by atoms with Gasteiger partial charge >= 0.3 is 0 Å². The molecular weight excluding hydrogens is 178 g/mol. The number of carbonyl (C=O) groups is 1. The van der Waals surface area contributed by atoms with Crippen molar-refractivity contribution >= 4 is 5.91 Å². The van der Waals surface area contributed by atoms with Crippen molar-refractivity contribution in [1.29, 1.82) is 0 Å². The lowest BCUT2D eigenvalue weighted by molar-refractivity contribution is 0.0997. The average molecular weight is 193 g/mol. The number of methoxy groups -OCH3 is 1. The molecule has 0 spiro atoms. The van der Waals surface area contributed by atoms with Crippen molar-refractivity contribution in [2.75, 3.05) is 7.11 Å². The lowest BCUT2D eigenvalue weighted by atomic mass is 9.99. The highest BCUT2D eigenvalue weighted by Gasteiger charge is 2.14. The summed E-state index contributed by atoms with van der Waals surface area (Å²) < 4.78 is 5.20. The van der Waals surface area contributed by atoms with Crippen LogP contribution in [0.2, 0.25) is 0 Å². The summed E-state index contributed by atoms with van der Waals surface area (Å²) >= 11 is 0. The topological polar surface area (TPSA) is 52.3 Å². The monoisotopic (exact) mass is 193 g/mol. The van der Waals surface area contributed by atoms with Gasteiger partial charge in [-0.1, -0.05) is 26.0 Å². The van der Waals surface area contributed by atoms with Gasteiger partial charge in [0.05, 0.1) is 12.7 Å². The Morgan fingerprint density at radius 1 is 1.43 bits per heavy atom. The largest absolute Gasteiger partial charge is 0.496 e. The van der Waals surface area contributed by atoms with E-state index in [1.807, 2.05) is 26.0 Å². The van der Waals surface area contributed by atoms with Crippen LogP contribution in [0.3, 0.4) is 0 Å². The average Bonchev–Trinajstić information content (AvgIpc) is 2.16. The maximum absolute atomic E-state index is 11.1. The number of hydrogen-bond acceptors (Lipinski definition) is 2. The molecule has 14 heavy (non-hydrogen) atoms. The third-order valence-corrected chi connectivity index (χ3v) is 2.14. The molecule has 1 amide bonds. The molecule has 0 aromatic heterocycles. The first kappa shape index (κ1) is 10.6. The Balaban J connectivity index is 3.32. The Hall–Kier alpha value is -1.51. The molecule has 3 nitrogen and oxygen atoms in total. The predicted octanol–water partition coefficient (Wildman–Crippen LogP) is 1.92. The summed E-state index contributed by atoms with van der Waals surface area (Å²) in [6.45, 7) is 4.09. The zero-order valence-corrected chi connectivity index (χ0v) is 8.70. The predicted molar refractivity (Wildman–Crippen MR) is 55.6 cm³/mol. The van der Waals surface area contributed by atoms with Crippen LogP contribution in [0.1, 0.15) is 35.7 Å². The molecule has 0 saturated carbocycles. The van der Waals surface area contributed by atoms with E-state index in [4.69, 9.17) is 10.5 Å². The van der Waals surface area contributed by atoms with E-state index in [1.165, 1.54) is 0 Å². The first-order valence-electron chi connectivity index (χ1n) is 4.54. The Morgan fingerprint density at radius 3 is 2.50 bits per heavy atom. The van der Waals surface area contributed by atoms with Gasteiger partial charge in [0, 0.05) is 0 Å². The van der Waals surface area contributed by atoms with Gasteiger partial charge in [-0.25, -0.2) is 0 Å². The molecule has 1 rings (SSSR count). The number of hydrogen-bond donors (Lipinski definition) is 1. The lowest BCUT2D eigenvalue weighted by Gasteiger charge is -2.13. The second-order valence-corrected chi connectivity index (χ2v) is 3.45. The summed E-state index contributed by atoms with van der Waals surface area (Å²) in [5.41, 5.74) is 6.69. The van der Waals surface area contributed by atoms with Crippen LogP contribution in [0, 0.1) is 0 Å². The van der Waals surface area contributed by atoms with Gasteiger partial charge < -0.3 is 10.5 Å². The second-order valence-electron chi connectivity index (χ2n) is 3.45. The summed E-state index contributed by atoms with van der Waals surface area (Å²) in [5.74, 6) is 0.448. The fourth-order valence-electron chi connectivity index (χ4n) is 1.43. The molecule has 0 unspecified atom stereocenters. The fraction of sp³-hybridized carbons (Fsp3) is 0.364. The van der Waals surface area contributed by atoms with Crippen LogP contribution in [0.25, 0.3) is 0 Å². The van der Waals surface area contributed by atoms with Gasteiger partial charge in [0.25, 0.3) is 5.91 Å². The maximum atomic E-state index is 11.1. The van der Waals surface area contributed by atoms with Crippen molar-refractivity contribution in [3.05, 3.63) is 29.3 Å². The van der Waals surface area contributed by atoms with Crippen molar-refractivity contribution < 1.29 is 9.53 Å². The molecule has 1 aromatic carbocycles. The highest BCUT2D eigenvalue weighted by molar-refractivity contribution is 5.96. The summed E-state index contributed by atoms with van der Waals surface area (Å²) in [6, 6.07) is 5.43. The van der Waals surface area contributed by atoms with E-state index in [0.29, 0.717) is 17.2 Å². The first-order valence-corrected chi connectivity index (χ1v) is 4.54. The van der Waals surface area contributed by atoms with E-state index in [9.17, 15) is 4.79 Å². The molecule has 0 aliphatic rings. The van der Waals surface area contributed by atoms with Crippen LogP contribution in [0.5, 0.6) is 5.75 Å². The smallest absolute Gasteiger partial charge is 0.252 e. The first-order chi connectivity index (χ1) is 6.57. The van der Waals surface area contributed by atoms with Gasteiger partial charge in [0.1, 0.15) is 5.75 Å². The summed E-state index contributed by atoms with van der Waals surface area (Å²) in [5, 5.41) is 0. The van der Waals surface area contributed by atoms with E-state index < -0.39 is 5.91 Å². The maximum Gasteiger partial charge on any atom is 0.252 e. The van der Waals surface area contributed by atoms with Crippen LogP contribution in [-0.2, 0) is 0 Å². The van der Waals surface area contributed by atoms with Crippen LogP contribution in [0.15, 0.2) is 18.2 Å². The van der Waals surface area contributed by atoms with Gasteiger partial charge in [0.2, 0.25) is 0 Å². The van der Waals surface area contributed by atoms with Crippen LogP contribution in [-0.4, -0.2) is 13.0 Å². The fourth-order valence-corrected chi connectivity index (χ4v) is 1.43. The van der Waals surface area contributed by atoms with E-state index in [2.05, 4.69) is 0 Å². The minimum atomic E-state index is -0.454. The van der Waals surface area contributed by atoms with E-state index >= 15 is 0 Å². The molecule has 2 N–H and O–H groups in total. The second kappa shape index (κ2) is 4.13. The van der Waals surface area contributed by atoms with Gasteiger partial charge in [-0.3, -0.25) is 4.79 Å². The van der Waals surface area contributed by atoms with Crippen molar-refractivity contribution in [3.8, 4) is 5.75 Å². The molecule has 0 radical (unpaired) electrons. The minimum absolute atomic E-state index is 0.309. The SMILES string of the molecule is COc1c(C(N)=O)cccc1C(C)C. The van der Waals surface area contributed by atoms with Gasteiger partial charge in [0.15, 0.2) is 0 Å². The molecule has 0 heterocycles. The molecule has 0 bridgehead atoms. The van der Waals surface area contributed by atoms with Crippen molar-refractivity contribution in [2.24, 2.45) is 5.73 Å². The zero-order chi connectivity index (χ0) is 10.7. The molecule has 0 atom stereocenters. The Labute approximate surface area is 83.9 Å². The zero-order valence-electron chi connectivity index (χ0n) is 8.70. The molecule has 76 valence electrons. The van der Waals surface area contributed by atoms with Crippen molar-refractivity contribution in [1.82, 2.24) is 0 Å². The Morgan fingerprint density at radius 2 is 2.07 bits per heavy atom. The molecule has 0 fully saturated rings. The van der Waals surface area contributed by atoms with Crippen LogP contribution in [0.4, 0.5) is 0 Å². The summed E-state index contributed by atoms with van der Waals surface area (Å²) in [4.78, 5) is 11.1. The number of ether oxygens (including phenoxy) is 1. The number of amides is 1. The molecule has 3 heteroatoms. The van der Waals surface area contributed by atoms with Gasteiger partial charge in [-0.15, -0.1) is 0 Å². The lowest BCUT2D eigenvalue weighted by Crippen LogP contribution is -2.13.